The van der Waals surface area contributed by atoms with Gasteiger partial charge in [-0.2, -0.15) is 0 Å². The molecule has 2 rings (SSSR count). The molecule has 0 radical (unpaired) electrons. The number of carbonyl (C=O) groups excluding carboxylic acids is 1. The number of hydrogen-bond donors (Lipinski definition) is 1. The molecule has 2 atom stereocenters. The lowest BCUT2D eigenvalue weighted by Crippen LogP contribution is -2.50. The summed E-state index contributed by atoms with van der Waals surface area (Å²) in [6, 6.07) is 4.50. The molecule has 1 saturated heterocycles. The number of nitrogens with zero attached hydrogens (tertiary/aromatic N) is 1. The number of halogens is 2. The van der Waals surface area contributed by atoms with Gasteiger partial charge in [-0.15, -0.1) is 0 Å². The summed E-state index contributed by atoms with van der Waals surface area (Å²) in [6.07, 6.45) is 0.310. The molecule has 1 aliphatic rings. The Bertz CT molecular complexity index is 560. The topological polar surface area (TPSA) is 55.6 Å². The van der Waals surface area contributed by atoms with Gasteiger partial charge in [0.2, 0.25) is 0 Å². The van der Waals surface area contributed by atoms with Crippen LogP contribution in [0.25, 0.3) is 0 Å². The van der Waals surface area contributed by atoms with E-state index >= 15 is 0 Å². The number of nitrogens with two attached hydrogens (primary N) is 1. The van der Waals surface area contributed by atoms with Crippen LogP contribution in [0.1, 0.15) is 38.7 Å². The Balaban J connectivity index is 2.03. The molecule has 0 aliphatic carbocycles. The lowest BCUT2D eigenvalue weighted by atomic mass is 9.86. The van der Waals surface area contributed by atoms with Gasteiger partial charge in [-0.05, 0) is 44.9 Å². The van der Waals surface area contributed by atoms with Crippen LogP contribution in [0.3, 0.4) is 0 Å². The second-order valence-electron chi connectivity index (χ2n) is 6.66. The van der Waals surface area contributed by atoms with E-state index in [1.165, 1.54) is 6.07 Å². The Labute approximate surface area is 135 Å². The quantitative estimate of drug-likeness (QED) is 0.858. The van der Waals surface area contributed by atoms with Gasteiger partial charge in [0.1, 0.15) is 11.4 Å². The molecule has 1 amide bonds. The molecule has 1 aromatic carbocycles. The van der Waals surface area contributed by atoms with Crippen LogP contribution < -0.4 is 5.73 Å². The number of carbonyl (C=O) groups is 1. The first-order valence-corrected chi connectivity index (χ1v) is 7.73. The first kappa shape index (κ1) is 17.0. The fourth-order valence-electron chi connectivity index (χ4n) is 2.63. The van der Waals surface area contributed by atoms with Gasteiger partial charge in [-0.3, -0.25) is 0 Å². The second kappa shape index (κ2) is 6.42. The maximum atomic E-state index is 13.6. The summed E-state index contributed by atoms with van der Waals surface area (Å²) < 4.78 is 18.9. The fraction of sp³-hybridized carbons (Fsp3) is 0.562. The van der Waals surface area contributed by atoms with Crippen molar-refractivity contribution in [2.45, 2.75) is 44.8 Å². The molecule has 0 aromatic heterocycles. The Kier molecular flexibility index (Phi) is 4.97. The van der Waals surface area contributed by atoms with Crippen LogP contribution in [0.15, 0.2) is 18.2 Å². The third kappa shape index (κ3) is 4.11. The number of hydrogen-bond acceptors (Lipinski definition) is 3. The Morgan fingerprint density at radius 1 is 1.45 bits per heavy atom. The van der Waals surface area contributed by atoms with E-state index < -0.39 is 11.4 Å². The van der Waals surface area contributed by atoms with E-state index in [1.807, 2.05) is 20.8 Å². The van der Waals surface area contributed by atoms with Gasteiger partial charge in [-0.25, -0.2) is 9.18 Å². The van der Waals surface area contributed by atoms with Gasteiger partial charge in [0.25, 0.3) is 0 Å². The average Bonchev–Trinajstić information content (AvgIpc) is 2.40. The van der Waals surface area contributed by atoms with Crippen LogP contribution in [-0.4, -0.2) is 35.7 Å². The van der Waals surface area contributed by atoms with E-state index in [9.17, 15) is 9.18 Å². The molecule has 4 nitrogen and oxygen atoms in total. The van der Waals surface area contributed by atoms with Crippen LogP contribution in [-0.2, 0) is 4.74 Å². The molecular weight excluding hydrogens is 307 g/mol. The highest BCUT2D eigenvalue weighted by Crippen LogP contribution is 2.30. The minimum Gasteiger partial charge on any atom is -0.444 e. The first-order valence-electron chi connectivity index (χ1n) is 7.36. The molecule has 1 fully saturated rings. The van der Waals surface area contributed by atoms with E-state index in [0.29, 0.717) is 19.5 Å². The van der Waals surface area contributed by atoms with E-state index in [0.717, 1.165) is 5.56 Å². The molecule has 1 heterocycles. The van der Waals surface area contributed by atoms with Gasteiger partial charge in [0.05, 0.1) is 5.02 Å². The highest BCUT2D eigenvalue weighted by Gasteiger charge is 2.32. The molecule has 122 valence electrons. The SMILES string of the molecule is CC(C)(C)OC(=O)N1CC[C@@H](c2ccc(Cl)c(F)c2)[C@H](N)C1. The van der Waals surface area contributed by atoms with Crippen molar-refractivity contribution in [3.63, 3.8) is 0 Å². The predicted molar refractivity (Wildman–Crippen MR) is 84.6 cm³/mol. The number of benzene rings is 1. The summed E-state index contributed by atoms with van der Waals surface area (Å²) in [6.45, 7) is 6.41. The van der Waals surface area contributed by atoms with E-state index in [1.54, 1.807) is 17.0 Å². The van der Waals surface area contributed by atoms with Crippen molar-refractivity contribution in [2.24, 2.45) is 5.73 Å². The zero-order valence-corrected chi connectivity index (χ0v) is 13.9. The van der Waals surface area contributed by atoms with E-state index in [-0.39, 0.29) is 23.1 Å². The number of amides is 1. The molecule has 0 saturated carbocycles. The highest BCUT2D eigenvalue weighted by molar-refractivity contribution is 6.30. The normalized spacial score (nSPS) is 22.5. The largest absolute Gasteiger partial charge is 0.444 e. The second-order valence-corrected chi connectivity index (χ2v) is 7.07. The fourth-order valence-corrected chi connectivity index (χ4v) is 2.75. The number of rotatable bonds is 1. The number of likely N-dealkylation sites (tertiary alicyclic amines) is 1. The molecule has 1 aromatic rings. The van der Waals surface area contributed by atoms with Crippen molar-refractivity contribution in [1.29, 1.82) is 0 Å². The third-order valence-electron chi connectivity index (χ3n) is 3.68. The van der Waals surface area contributed by atoms with Crippen LogP contribution in [0.4, 0.5) is 9.18 Å². The Morgan fingerprint density at radius 3 is 2.68 bits per heavy atom. The summed E-state index contributed by atoms with van der Waals surface area (Å²) >= 11 is 5.71. The Hall–Kier alpha value is -1.33. The standard InChI is InChI=1S/C16H22ClFN2O2/c1-16(2,3)22-15(21)20-7-6-11(14(19)9-20)10-4-5-12(17)13(18)8-10/h4-5,8,11,14H,6-7,9,19H2,1-3H3/t11-,14+/m0/s1. The van der Waals surface area contributed by atoms with Crippen molar-refractivity contribution in [3.8, 4) is 0 Å². The van der Waals surface area contributed by atoms with Crippen molar-refractivity contribution >= 4 is 17.7 Å². The predicted octanol–water partition coefficient (Wildman–Crippen LogP) is 3.53. The molecule has 22 heavy (non-hydrogen) atoms. The summed E-state index contributed by atoms with van der Waals surface area (Å²) in [7, 11) is 0. The minimum atomic E-state index is -0.530. The van der Waals surface area contributed by atoms with Crippen LogP contribution in [0, 0.1) is 5.82 Å². The summed E-state index contributed by atoms with van der Waals surface area (Å²) in [5.41, 5.74) is 6.47. The molecular formula is C16H22ClFN2O2. The molecule has 1 aliphatic heterocycles. The van der Waals surface area contributed by atoms with Crippen LogP contribution in [0.2, 0.25) is 5.02 Å². The van der Waals surface area contributed by atoms with Crippen LogP contribution >= 0.6 is 11.6 Å². The van der Waals surface area contributed by atoms with Crippen molar-refractivity contribution in [2.75, 3.05) is 13.1 Å². The Morgan fingerprint density at radius 2 is 2.14 bits per heavy atom. The maximum absolute atomic E-state index is 13.6. The average molecular weight is 329 g/mol. The molecule has 0 bridgehead atoms. The van der Waals surface area contributed by atoms with Crippen LogP contribution in [0.5, 0.6) is 0 Å². The van der Waals surface area contributed by atoms with Crippen molar-refractivity contribution in [1.82, 2.24) is 4.90 Å². The minimum absolute atomic E-state index is 0.00505. The van der Waals surface area contributed by atoms with Gasteiger partial charge >= 0.3 is 6.09 Å². The number of piperidine rings is 1. The lowest BCUT2D eigenvalue weighted by molar-refractivity contribution is 0.0186. The maximum Gasteiger partial charge on any atom is 0.410 e. The molecule has 2 N–H and O–H groups in total. The molecule has 0 spiro atoms. The zero-order valence-electron chi connectivity index (χ0n) is 13.1. The van der Waals surface area contributed by atoms with Crippen molar-refractivity contribution < 1.29 is 13.9 Å². The van der Waals surface area contributed by atoms with Gasteiger partial charge in [-0.1, -0.05) is 17.7 Å². The van der Waals surface area contributed by atoms with Crippen molar-refractivity contribution in [3.05, 3.63) is 34.6 Å². The summed E-state index contributed by atoms with van der Waals surface area (Å²) in [5.74, 6) is -0.439. The first-order chi connectivity index (χ1) is 10.2. The number of ether oxygens (including phenoxy) is 1. The lowest BCUT2D eigenvalue weighted by Gasteiger charge is -2.37. The summed E-state index contributed by atoms with van der Waals surface area (Å²) in [4.78, 5) is 13.7. The monoisotopic (exact) mass is 328 g/mol. The van der Waals surface area contributed by atoms with Gasteiger partial charge in [0.15, 0.2) is 0 Å². The third-order valence-corrected chi connectivity index (χ3v) is 3.99. The summed E-state index contributed by atoms with van der Waals surface area (Å²) in [5, 5.41) is 0.100. The highest BCUT2D eigenvalue weighted by atomic mass is 35.5. The molecule has 0 unspecified atom stereocenters. The van der Waals surface area contributed by atoms with Gasteiger partial charge in [0, 0.05) is 25.0 Å². The van der Waals surface area contributed by atoms with Gasteiger partial charge < -0.3 is 15.4 Å². The molecule has 6 heteroatoms. The van der Waals surface area contributed by atoms with E-state index in [4.69, 9.17) is 22.1 Å². The smallest absolute Gasteiger partial charge is 0.410 e. The van der Waals surface area contributed by atoms with E-state index in [2.05, 4.69) is 0 Å². The zero-order chi connectivity index (χ0) is 16.5.